The van der Waals surface area contributed by atoms with E-state index in [1.54, 1.807) is 0 Å². The van der Waals surface area contributed by atoms with Crippen LogP contribution in [0, 0.1) is 35.5 Å². The minimum absolute atomic E-state index is 0.00391. The van der Waals surface area contributed by atoms with Gasteiger partial charge in [0.05, 0.1) is 19.1 Å². The van der Waals surface area contributed by atoms with Gasteiger partial charge < -0.3 is 9.47 Å². The molecular formula is C30H58O4. The molecule has 0 fully saturated rings. The summed E-state index contributed by atoms with van der Waals surface area (Å²) in [6.45, 7) is 18.5. The lowest BCUT2D eigenvalue weighted by molar-refractivity contribution is -0.154. The first-order valence-corrected chi connectivity index (χ1v) is 14.4. The largest absolute Gasteiger partial charge is 0.466 e. The van der Waals surface area contributed by atoms with Crippen molar-refractivity contribution in [3.63, 3.8) is 0 Å². The highest BCUT2D eigenvalue weighted by Gasteiger charge is 2.33. The molecule has 0 radical (unpaired) electrons. The minimum atomic E-state index is -0.0381. The molecule has 0 aliphatic rings. The number of carbonyl (C=O) groups excluding carboxylic acids is 2. The van der Waals surface area contributed by atoms with Crippen molar-refractivity contribution < 1.29 is 19.1 Å². The zero-order valence-electron chi connectivity index (χ0n) is 24.0. The Morgan fingerprint density at radius 2 is 1.03 bits per heavy atom. The van der Waals surface area contributed by atoms with Crippen molar-refractivity contribution in [3.8, 4) is 0 Å². The van der Waals surface area contributed by atoms with Crippen LogP contribution in [-0.4, -0.2) is 25.2 Å². The molecule has 0 saturated carbocycles. The summed E-state index contributed by atoms with van der Waals surface area (Å²) in [7, 11) is 0. The summed E-state index contributed by atoms with van der Waals surface area (Å²) < 4.78 is 10.9. The van der Waals surface area contributed by atoms with Crippen molar-refractivity contribution in [2.24, 2.45) is 35.5 Å². The Kier molecular flexibility index (Phi) is 19.5. The molecule has 0 aliphatic carbocycles. The van der Waals surface area contributed by atoms with E-state index in [1.807, 2.05) is 0 Å². The van der Waals surface area contributed by atoms with Gasteiger partial charge in [0.15, 0.2) is 0 Å². The van der Waals surface area contributed by atoms with Crippen LogP contribution in [0.5, 0.6) is 0 Å². The van der Waals surface area contributed by atoms with Gasteiger partial charge in [-0.15, -0.1) is 0 Å². The predicted octanol–water partition coefficient (Wildman–Crippen LogP) is 8.61. The van der Waals surface area contributed by atoms with Crippen LogP contribution >= 0.6 is 0 Å². The maximum atomic E-state index is 12.8. The Labute approximate surface area is 212 Å². The zero-order valence-corrected chi connectivity index (χ0v) is 24.0. The summed E-state index contributed by atoms with van der Waals surface area (Å²) in [6.07, 6.45) is 13.0. The van der Waals surface area contributed by atoms with Crippen molar-refractivity contribution in [2.75, 3.05) is 13.2 Å². The van der Waals surface area contributed by atoms with Crippen molar-refractivity contribution >= 4 is 11.9 Å². The van der Waals surface area contributed by atoms with Gasteiger partial charge in [-0.25, -0.2) is 0 Å². The van der Waals surface area contributed by atoms with Gasteiger partial charge in [0, 0.05) is 6.42 Å². The lowest BCUT2D eigenvalue weighted by atomic mass is 9.74. The summed E-state index contributed by atoms with van der Waals surface area (Å²) in [5, 5.41) is 0. The summed E-state index contributed by atoms with van der Waals surface area (Å²) in [5.74, 6) is 2.31. The molecular weight excluding hydrogens is 424 g/mol. The lowest BCUT2D eigenvalue weighted by Crippen LogP contribution is -2.33. The maximum absolute atomic E-state index is 12.8. The molecule has 0 aromatic carbocycles. The average molecular weight is 483 g/mol. The van der Waals surface area contributed by atoms with E-state index in [0.29, 0.717) is 49.2 Å². The van der Waals surface area contributed by atoms with E-state index in [0.717, 1.165) is 32.1 Å². The Hall–Kier alpha value is -1.06. The number of unbranched alkanes of at least 4 members (excludes halogenated alkanes) is 7. The first-order valence-electron chi connectivity index (χ1n) is 14.4. The standard InChI is InChI=1S/C30H58O4/c1-23(2)19-21-33-28(31)18-16-14-12-10-9-11-13-15-17-27(25(5)6)29(26(7)8)30(32)34-22-20-24(3)4/h23-27,29H,9-22H2,1-8H3. The molecule has 0 spiro atoms. The van der Waals surface area contributed by atoms with E-state index in [9.17, 15) is 9.59 Å². The molecule has 0 aliphatic heterocycles. The highest BCUT2D eigenvalue weighted by atomic mass is 16.5. The molecule has 0 saturated heterocycles. The van der Waals surface area contributed by atoms with Gasteiger partial charge in [-0.05, 0) is 55.3 Å². The average Bonchev–Trinajstić information content (AvgIpc) is 2.72. The van der Waals surface area contributed by atoms with Crippen molar-refractivity contribution in [1.29, 1.82) is 0 Å². The van der Waals surface area contributed by atoms with Gasteiger partial charge in [0.2, 0.25) is 0 Å². The molecule has 2 atom stereocenters. The number of carbonyl (C=O) groups is 2. The maximum Gasteiger partial charge on any atom is 0.309 e. The van der Waals surface area contributed by atoms with Crippen LogP contribution in [0.3, 0.4) is 0 Å². The molecule has 4 nitrogen and oxygen atoms in total. The molecule has 0 heterocycles. The van der Waals surface area contributed by atoms with Crippen LogP contribution in [0.15, 0.2) is 0 Å². The molecule has 0 rings (SSSR count). The normalized spacial score (nSPS) is 13.6. The van der Waals surface area contributed by atoms with Crippen LogP contribution in [0.25, 0.3) is 0 Å². The monoisotopic (exact) mass is 482 g/mol. The smallest absolute Gasteiger partial charge is 0.309 e. The molecule has 34 heavy (non-hydrogen) atoms. The number of ether oxygens (including phenoxy) is 2. The van der Waals surface area contributed by atoms with Gasteiger partial charge in [-0.2, -0.15) is 0 Å². The second-order valence-electron chi connectivity index (χ2n) is 11.8. The number of rotatable bonds is 21. The zero-order chi connectivity index (χ0) is 25.9. The highest BCUT2D eigenvalue weighted by molar-refractivity contribution is 5.73. The van der Waals surface area contributed by atoms with E-state index >= 15 is 0 Å². The topological polar surface area (TPSA) is 52.6 Å². The van der Waals surface area contributed by atoms with Gasteiger partial charge in [-0.3, -0.25) is 9.59 Å². The Balaban J connectivity index is 4.05. The van der Waals surface area contributed by atoms with Crippen molar-refractivity contribution in [3.05, 3.63) is 0 Å². The fraction of sp³-hybridized carbons (Fsp3) is 0.933. The Bertz CT molecular complexity index is 510. The van der Waals surface area contributed by atoms with Crippen molar-refractivity contribution in [2.45, 2.75) is 132 Å². The third-order valence-corrected chi connectivity index (χ3v) is 6.87. The van der Waals surface area contributed by atoms with Crippen LogP contribution < -0.4 is 0 Å². The first kappa shape index (κ1) is 32.9. The van der Waals surface area contributed by atoms with Gasteiger partial charge >= 0.3 is 11.9 Å². The fourth-order valence-electron chi connectivity index (χ4n) is 4.55. The van der Waals surface area contributed by atoms with Crippen LogP contribution in [0.1, 0.15) is 132 Å². The fourth-order valence-corrected chi connectivity index (χ4v) is 4.55. The molecule has 2 unspecified atom stereocenters. The third kappa shape index (κ3) is 17.4. The van der Waals surface area contributed by atoms with E-state index in [2.05, 4.69) is 55.4 Å². The van der Waals surface area contributed by atoms with Gasteiger partial charge in [-0.1, -0.05) is 100 Å². The molecule has 0 bridgehead atoms. The van der Waals surface area contributed by atoms with Crippen LogP contribution in [-0.2, 0) is 19.1 Å². The molecule has 0 amide bonds. The predicted molar refractivity (Wildman–Crippen MR) is 144 cm³/mol. The number of hydrogen-bond donors (Lipinski definition) is 0. The Morgan fingerprint density at radius 1 is 0.559 bits per heavy atom. The van der Waals surface area contributed by atoms with Crippen molar-refractivity contribution in [1.82, 2.24) is 0 Å². The summed E-state index contributed by atoms with van der Waals surface area (Å²) in [4.78, 5) is 24.5. The van der Waals surface area contributed by atoms with Crippen LogP contribution in [0.4, 0.5) is 0 Å². The van der Waals surface area contributed by atoms with E-state index in [1.165, 1.54) is 38.5 Å². The lowest BCUT2D eigenvalue weighted by Gasteiger charge is -2.31. The summed E-state index contributed by atoms with van der Waals surface area (Å²) >= 11 is 0. The highest BCUT2D eigenvalue weighted by Crippen LogP contribution is 2.33. The second kappa shape index (κ2) is 20.2. The second-order valence-corrected chi connectivity index (χ2v) is 11.8. The molecule has 4 heteroatoms. The SMILES string of the molecule is CC(C)CCOC(=O)CCCCCCCCCCC(C(C)C)C(C(=O)OCCC(C)C)C(C)C. The van der Waals surface area contributed by atoms with Gasteiger partial charge in [0.25, 0.3) is 0 Å². The first-order chi connectivity index (χ1) is 16.1. The molecule has 0 aromatic rings. The molecule has 0 N–H and O–H groups in total. The van der Waals surface area contributed by atoms with Crippen LogP contribution in [0.2, 0.25) is 0 Å². The minimum Gasteiger partial charge on any atom is -0.466 e. The Morgan fingerprint density at radius 3 is 1.50 bits per heavy atom. The molecule has 0 aromatic heterocycles. The number of esters is 2. The summed E-state index contributed by atoms with van der Waals surface area (Å²) in [5.41, 5.74) is 0. The summed E-state index contributed by atoms with van der Waals surface area (Å²) in [6, 6.07) is 0. The third-order valence-electron chi connectivity index (χ3n) is 6.87. The van der Waals surface area contributed by atoms with E-state index in [-0.39, 0.29) is 17.9 Å². The number of hydrogen-bond acceptors (Lipinski definition) is 4. The van der Waals surface area contributed by atoms with E-state index < -0.39 is 0 Å². The van der Waals surface area contributed by atoms with E-state index in [4.69, 9.17) is 9.47 Å². The van der Waals surface area contributed by atoms with Gasteiger partial charge in [0.1, 0.15) is 0 Å². The molecule has 202 valence electrons. The quantitative estimate of drug-likeness (QED) is 0.121.